The fourth-order valence-electron chi connectivity index (χ4n) is 3.41. The highest BCUT2D eigenvalue weighted by Crippen LogP contribution is 2.43. The highest BCUT2D eigenvalue weighted by atomic mass is 16.4. The van der Waals surface area contributed by atoms with Crippen molar-refractivity contribution in [1.82, 2.24) is 4.90 Å². The molecule has 2 atom stereocenters. The number of piperidine rings is 1. The highest BCUT2D eigenvalue weighted by molar-refractivity contribution is 5.68. The molecule has 4 heteroatoms. The smallest absolute Gasteiger partial charge is 0.304 e. The maximum atomic E-state index is 10.9. The molecule has 86 valence electrons. The second-order valence-electron chi connectivity index (χ2n) is 4.93. The molecule has 0 aromatic heterocycles. The molecule has 0 aliphatic carbocycles. The third-order valence-corrected chi connectivity index (χ3v) is 4.10. The van der Waals surface area contributed by atoms with Crippen molar-refractivity contribution in [2.24, 2.45) is 11.1 Å². The van der Waals surface area contributed by atoms with Crippen LogP contribution < -0.4 is 5.73 Å². The maximum Gasteiger partial charge on any atom is 0.304 e. The summed E-state index contributed by atoms with van der Waals surface area (Å²) in [7, 11) is 0. The Balaban J connectivity index is 2.17. The number of nitrogens with zero attached hydrogens (tertiary/aromatic N) is 1. The van der Waals surface area contributed by atoms with Crippen LogP contribution in [0.1, 0.15) is 32.1 Å². The van der Waals surface area contributed by atoms with Crippen molar-refractivity contribution < 1.29 is 9.90 Å². The Morgan fingerprint density at radius 2 is 2.20 bits per heavy atom. The third kappa shape index (κ3) is 1.88. The first-order valence-electron chi connectivity index (χ1n) is 5.84. The summed E-state index contributed by atoms with van der Waals surface area (Å²) in [5.41, 5.74) is 5.70. The van der Waals surface area contributed by atoms with Gasteiger partial charge in [0.25, 0.3) is 0 Å². The Kier molecular flexibility index (Phi) is 2.98. The number of hydrogen-bond acceptors (Lipinski definition) is 3. The number of aliphatic carboxylic acids is 1. The molecule has 2 aliphatic rings. The van der Waals surface area contributed by atoms with E-state index in [1.807, 2.05) is 0 Å². The van der Waals surface area contributed by atoms with Gasteiger partial charge in [0.05, 0.1) is 6.42 Å². The summed E-state index contributed by atoms with van der Waals surface area (Å²) in [5.74, 6) is -0.700. The number of carboxylic acid groups (broad SMARTS) is 1. The lowest BCUT2D eigenvalue weighted by Crippen LogP contribution is -2.53. The summed E-state index contributed by atoms with van der Waals surface area (Å²) in [6, 6.07) is 0.423. The molecule has 0 aromatic carbocycles. The molecule has 2 fully saturated rings. The van der Waals surface area contributed by atoms with E-state index in [4.69, 9.17) is 10.8 Å². The van der Waals surface area contributed by atoms with E-state index in [9.17, 15) is 4.79 Å². The molecule has 2 rings (SSSR count). The van der Waals surface area contributed by atoms with Crippen LogP contribution in [0, 0.1) is 5.41 Å². The van der Waals surface area contributed by atoms with Crippen LogP contribution >= 0.6 is 0 Å². The van der Waals surface area contributed by atoms with Gasteiger partial charge in [-0.05, 0) is 38.8 Å². The van der Waals surface area contributed by atoms with E-state index in [-0.39, 0.29) is 11.8 Å². The Hall–Kier alpha value is -0.610. The van der Waals surface area contributed by atoms with Crippen molar-refractivity contribution in [1.29, 1.82) is 0 Å². The topological polar surface area (TPSA) is 66.6 Å². The lowest BCUT2D eigenvalue weighted by Gasteiger charge is -2.46. The van der Waals surface area contributed by atoms with Crippen molar-refractivity contribution in [3.63, 3.8) is 0 Å². The molecule has 2 aliphatic heterocycles. The molecule has 3 N–H and O–H groups in total. The normalized spacial score (nSPS) is 36.5. The number of fused-ring (bicyclic) bond motifs is 1. The van der Waals surface area contributed by atoms with Gasteiger partial charge in [0.1, 0.15) is 0 Å². The predicted octanol–water partition coefficient (Wildman–Crippen LogP) is 0.664. The lowest BCUT2D eigenvalue weighted by molar-refractivity contribution is -0.141. The fraction of sp³-hybridized carbons (Fsp3) is 0.909. The first-order valence-corrected chi connectivity index (χ1v) is 5.84. The molecule has 0 saturated carbocycles. The van der Waals surface area contributed by atoms with Crippen molar-refractivity contribution in [2.45, 2.75) is 38.1 Å². The molecule has 2 heterocycles. The van der Waals surface area contributed by atoms with Crippen LogP contribution in [0.5, 0.6) is 0 Å². The van der Waals surface area contributed by atoms with Crippen molar-refractivity contribution in [3.05, 3.63) is 0 Å². The summed E-state index contributed by atoms with van der Waals surface area (Å²) in [6.45, 7) is 2.78. The number of hydrogen-bond donors (Lipinski definition) is 2. The molecule has 2 saturated heterocycles. The van der Waals surface area contributed by atoms with Crippen molar-refractivity contribution >= 4 is 5.97 Å². The standard InChI is InChI=1S/C11H20N2O2/c12-8-11(7-10(14)15)4-2-6-13-5-1-3-9(11)13/h9H,1-8,12H2,(H,14,15). The average Bonchev–Trinajstić information content (AvgIpc) is 2.66. The fourth-order valence-corrected chi connectivity index (χ4v) is 3.41. The Bertz CT molecular complexity index is 257. The summed E-state index contributed by atoms with van der Waals surface area (Å²) in [4.78, 5) is 13.4. The largest absolute Gasteiger partial charge is 0.481 e. The van der Waals surface area contributed by atoms with Crippen LogP contribution in [0.2, 0.25) is 0 Å². The Labute approximate surface area is 90.4 Å². The summed E-state index contributed by atoms with van der Waals surface area (Å²) >= 11 is 0. The summed E-state index contributed by atoms with van der Waals surface area (Å²) in [5, 5.41) is 9.01. The first-order chi connectivity index (χ1) is 7.18. The van der Waals surface area contributed by atoms with E-state index < -0.39 is 5.97 Å². The van der Waals surface area contributed by atoms with Crippen LogP contribution in [-0.2, 0) is 4.79 Å². The van der Waals surface area contributed by atoms with Gasteiger partial charge in [0.15, 0.2) is 0 Å². The third-order valence-electron chi connectivity index (χ3n) is 4.10. The number of carboxylic acids is 1. The lowest BCUT2D eigenvalue weighted by atomic mass is 9.70. The molecular formula is C11H20N2O2. The van der Waals surface area contributed by atoms with E-state index >= 15 is 0 Å². The van der Waals surface area contributed by atoms with E-state index in [0.717, 1.165) is 32.4 Å². The molecule has 0 aromatic rings. The van der Waals surface area contributed by atoms with Gasteiger partial charge in [-0.15, -0.1) is 0 Å². The van der Waals surface area contributed by atoms with Crippen LogP contribution in [0.15, 0.2) is 0 Å². The quantitative estimate of drug-likeness (QED) is 0.721. The van der Waals surface area contributed by atoms with E-state index in [0.29, 0.717) is 12.6 Å². The zero-order valence-corrected chi connectivity index (χ0v) is 9.11. The van der Waals surface area contributed by atoms with Crippen molar-refractivity contribution in [2.75, 3.05) is 19.6 Å². The monoisotopic (exact) mass is 212 g/mol. The molecule has 0 radical (unpaired) electrons. The van der Waals surface area contributed by atoms with Gasteiger partial charge in [0.2, 0.25) is 0 Å². The van der Waals surface area contributed by atoms with Gasteiger partial charge < -0.3 is 10.8 Å². The second-order valence-corrected chi connectivity index (χ2v) is 4.93. The number of carbonyl (C=O) groups is 1. The van der Waals surface area contributed by atoms with E-state index in [2.05, 4.69) is 4.90 Å². The molecule has 15 heavy (non-hydrogen) atoms. The molecule has 0 amide bonds. The summed E-state index contributed by atoms with van der Waals surface area (Å²) < 4.78 is 0. The van der Waals surface area contributed by atoms with Crippen molar-refractivity contribution in [3.8, 4) is 0 Å². The van der Waals surface area contributed by atoms with Gasteiger partial charge in [-0.2, -0.15) is 0 Å². The highest BCUT2D eigenvalue weighted by Gasteiger charge is 2.46. The van der Waals surface area contributed by atoms with Gasteiger partial charge >= 0.3 is 5.97 Å². The van der Waals surface area contributed by atoms with Gasteiger partial charge in [-0.3, -0.25) is 9.69 Å². The molecular weight excluding hydrogens is 192 g/mol. The zero-order chi connectivity index (χ0) is 10.9. The van der Waals surface area contributed by atoms with E-state index in [1.54, 1.807) is 0 Å². The molecule has 4 nitrogen and oxygen atoms in total. The van der Waals surface area contributed by atoms with Gasteiger partial charge in [-0.1, -0.05) is 0 Å². The second kappa shape index (κ2) is 4.10. The minimum atomic E-state index is -0.700. The van der Waals surface area contributed by atoms with Crippen LogP contribution in [-0.4, -0.2) is 41.7 Å². The minimum absolute atomic E-state index is 0.152. The number of rotatable bonds is 3. The molecule has 0 bridgehead atoms. The SMILES string of the molecule is NCC1(CC(=O)O)CCCN2CCCC21. The summed E-state index contributed by atoms with van der Waals surface area (Å²) in [6.07, 6.45) is 4.65. The minimum Gasteiger partial charge on any atom is -0.481 e. The molecule has 2 unspecified atom stereocenters. The molecule has 0 spiro atoms. The van der Waals surface area contributed by atoms with Crippen LogP contribution in [0.4, 0.5) is 0 Å². The Morgan fingerprint density at radius 1 is 1.47 bits per heavy atom. The van der Waals surface area contributed by atoms with Gasteiger partial charge in [0, 0.05) is 18.0 Å². The van der Waals surface area contributed by atoms with E-state index in [1.165, 1.54) is 6.42 Å². The van der Waals surface area contributed by atoms with Crippen LogP contribution in [0.3, 0.4) is 0 Å². The van der Waals surface area contributed by atoms with Crippen LogP contribution in [0.25, 0.3) is 0 Å². The average molecular weight is 212 g/mol. The first kappa shape index (κ1) is 10.9. The Morgan fingerprint density at radius 3 is 2.87 bits per heavy atom. The van der Waals surface area contributed by atoms with Gasteiger partial charge in [-0.25, -0.2) is 0 Å². The maximum absolute atomic E-state index is 10.9. The predicted molar refractivity (Wildman–Crippen MR) is 57.6 cm³/mol. The zero-order valence-electron chi connectivity index (χ0n) is 9.11. The number of nitrogens with two attached hydrogens (primary N) is 1.